The van der Waals surface area contributed by atoms with Gasteiger partial charge in [0.05, 0.1) is 58.2 Å². The molecule has 14 heteroatoms. The molecule has 3 fully saturated rings. The SMILES string of the molecule is C[C@H]1CN2CCC[C@@]2(COc2nc3c4c(c(Cl)c(-c5ccc(F)c6sc(N)c(C#N)c56)c(F)c4n2)OCCC2C(O)COCCN32)C1. The van der Waals surface area contributed by atoms with Crippen LogP contribution in [0.3, 0.4) is 0 Å². The van der Waals surface area contributed by atoms with Crippen LogP contribution in [-0.4, -0.2) is 83.7 Å². The number of anilines is 2. The Hall–Kier alpha value is -3.54. The summed E-state index contributed by atoms with van der Waals surface area (Å²) in [4.78, 5) is 13.9. The molecule has 3 N–H and O–H groups in total. The number of aliphatic hydroxyl groups is 1. The van der Waals surface area contributed by atoms with Crippen LogP contribution in [0, 0.1) is 28.9 Å². The summed E-state index contributed by atoms with van der Waals surface area (Å²) in [5.41, 5.74) is 6.01. The van der Waals surface area contributed by atoms with Crippen molar-refractivity contribution in [3.05, 3.63) is 34.4 Å². The summed E-state index contributed by atoms with van der Waals surface area (Å²) >= 11 is 7.96. The Labute approximate surface area is 278 Å². The first-order chi connectivity index (χ1) is 22.7. The minimum atomic E-state index is -0.844. The second-order valence-corrected chi connectivity index (χ2v) is 14.5. The highest BCUT2D eigenvalue weighted by Gasteiger charge is 2.48. The molecular formula is C33H33ClF2N6O4S. The molecule has 10 nitrogen and oxygen atoms in total. The summed E-state index contributed by atoms with van der Waals surface area (Å²) in [7, 11) is 0. The zero-order chi connectivity index (χ0) is 32.6. The third-order valence-electron chi connectivity index (χ3n) is 10.2. The lowest BCUT2D eigenvalue weighted by Crippen LogP contribution is -2.46. The van der Waals surface area contributed by atoms with Crippen LogP contribution in [0.5, 0.6) is 11.8 Å². The normalized spacial score (nSPS) is 26.0. The topological polar surface area (TPSA) is 130 Å². The number of halogens is 3. The molecule has 4 aliphatic heterocycles. The molecule has 246 valence electrons. The second-order valence-electron chi connectivity index (χ2n) is 13.0. The first-order valence-electron chi connectivity index (χ1n) is 15.9. The van der Waals surface area contributed by atoms with Crippen molar-refractivity contribution in [3.63, 3.8) is 0 Å². The van der Waals surface area contributed by atoms with E-state index in [1.54, 1.807) is 0 Å². The van der Waals surface area contributed by atoms with Crippen LogP contribution in [0.25, 0.3) is 32.1 Å². The van der Waals surface area contributed by atoms with Crippen LogP contribution < -0.4 is 20.1 Å². The van der Waals surface area contributed by atoms with Crippen molar-refractivity contribution in [2.24, 2.45) is 5.92 Å². The largest absolute Gasteiger partial charge is 0.491 e. The van der Waals surface area contributed by atoms with Crippen LogP contribution in [0.2, 0.25) is 5.02 Å². The Balaban J connectivity index is 1.36. The van der Waals surface area contributed by atoms with Crippen LogP contribution in [0.15, 0.2) is 12.1 Å². The van der Waals surface area contributed by atoms with Crippen molar-refractivity contribution < 1.29 is 28.1 Å². The number of fused-ring (bicyclic) bond motifs is 4. The number of nitrogen functional groups attached to an aromatic ring is 1. The molecule has 0 saturated carbocycles. The first kappa shape index (κ1) is 30.8. The van der Waals surface area contributed by atoms with Crippen molar-refractivity contribution in [3.8, 4) is 29.0 Å². The van der Waals surface area contributed by atoms with Gasteiger partial charge in [0.25, 0.3) is 0 Å². The fraction of sp³-hybridized carbons (Fsp3) is 0.485. The van der Waals surface area contributed by atoms with Gasteiger partial charge in [0.2, 0.25) is 0 Å². The van der Waals surface area contributed by atoms with E-state index < -0.39 is 23.8 Å². The number of nitrogens with zero attached hydrogens (tertiary/aromatic N) is 5. The third-order valence-corrected chi connectivity index (χ3v) is 11.5. The van der Waals surface area contributed by atoms with Gasteiger partial charge in [-0.05, 0) is 43.4 Å². The zero-order valence-electron chi connectivity index (χ0n) is 25.7. The van der Waals surface area contributed by atoms with E-state index in [-0.39, 0.29) is 78.2 Å². The number of hydrogen-bond acceptors (Lipinski definition) is 11. The van der Waals surface area contributed by atoms with Crippen LogP contribution in [0.4, 0.5) is 19.6 Å². The summed E-state index contributed by atoms with van der Waals surface area (Å²) in [5, 5.41) is 21.4. The molecule has 0 aliphatic carbocycles. The molecule has 8 rings (SSSR count). The summed E-state index contributed by atoms with van der Waals surface area (Å²) in [6.07, 6.45) is 2.62. The van der Waals surface area contributed by atoms with Crippen molar-refractivity contribution in [1.29, 1.82) is 5.26 Å². The molecule has 0 amide bonds. The van der Waals surface area contributed by atoms with Gasteiger partial charge in [-0.1, -0.05) is 24.6 Å². The molecule has 6 heterocycles. The minimum Gasteiger partial charge on any atom is -0.491 e. The Bertz CT molecular complexity index is 1970. The molecule has 2 aromatic carbocycles. The average Bonchev–Trinajstić information content (AvgIpc) is 3.64. The van der Waals surface area contributed by atoms with Gasteiger partial charge in [0, 0.05) is 30.5 Å². The summed E-state index contributed by atoms with van der Waals surface area (Å²) in [6.45, 7) is 5.58. The molecule has 2 aromatic heterocycles. The monoisotopic (exact) mass is 682 g/mol. The van der Waals surface area contributed by atoms with E-state index in [0.717, 1.165) is 43.7 Å². The molecule has 4 aliphatic rings. The third kappa shape index (κ3) is 4.79. The Morgan fingerprint density at radius 1 is 1.26 bits per heavy atom. The molecule has 0 spiro atoms. The number of hydrogen-bond donors (Lipinski definition) is 2. The maximum atomic E-state index is 17.2. The maximum absolute atomic E-state index is 17.2. The smallest absolute Gasteiger partial charge is 0.319 e. The number of benzene rings is 2. The van der Waals surface area contributed by atoms with E-state index in [9.17, 15) is 14.8 Å². The van der Waals surface area contributed by atoms with Crippen LogP contribution >= 0.6 is 22.9 Å². The van der Waals surface area contributed by atoms with E-state index in [1.807, 2.05) is 11.0 Å². The van der Waals surface area contributed by atoms with Gasteiger partial charge in [0.15, 0.2) is 11.6 Å². The average molecular weight is 683 g/mol. The maximum Gasteiger partial charge on any atom is 0.319 e. The van der Waals surface area contributed by atoms with Gasteiger partial charge in [-0.25, -0.2) is 8.78 Å². The van der Waals surface area contributed by atoms with Crippen LogP contribution in [-0.2, 0) is 4.74 Å². The molecule has 0 bridgehead atoms. The quantitative estimate of drug-likeness (QED) is 0.285. The molecule has 2 unspecified atom stereocenters. The van der Waals surface area contributed by atoms with Crippen molar-refractivity contribution in [2.45, 2.75) is 50.3 Å². The van der Waals surface area contributed by atoms with Gasteiger partial charge in [-0.3, -0.25) is 4.90 Å². The number of aliphatic hydroxyl groups excluding tert-OH is 1. The number of nitrogens with two attached hydrogens (primary N) is 1. The number of ether oxygens (including phenoxy) is 3. The number of aromatic nitrogens is 2. The second kappa shape index (κ2) is 11.6. The molecule has 4 atom stereocenters. The molecular weight excluding hydrogens is 650 g/mol. The molecule has 47 heavy (non-hydrogen) atoms. The Morgan fingerprint density at radius 3 is 2.94 bits per heavy atom. The van der Waals surface area contributed by atoms with Gasteiger partial charge < -0.3 is 30.0 Å². The Morgan fingerprint density at radius 2 is 2.11 bits per heavy atom. The molecule has 0 radical (unpaired) electrons. The summed E-state index contributed by atoms with van der Waals surface area (Å²) < 4.78 is 50.7. The van der Waals surface area contributed by atoms with Gasteiger partial charge in [-0.2, -0.15) is 15.2 Å². The summed E-state index contributed by atoms with van der Waals surface area (Å²) in [6, 6.07) is 4.20. The fourth-order valence-electron chi connectivity index (χ4n) is 8.15. The van der Waals surface area contributed by atoms with Crippen LogP contribution in [0.1, 0.15) is 38.2 Å². The fourth-order valence-corrected chi connectivity index (χ4v) is 9.44. The zero-order valence-corrected chi connectivity index (χ0v) is 27.3. The van der Waals surface area contributed by atoms with E-state index in [4.69, 9.17) is 36.5 Å². The predicted octanol–water partition coefficient (Wildman–Crippen LogP) is 5.50. The van der Waals surface area contributed by atoms with E-state index >= 15 is 4.39 Å². The van der Waals surface area contributed by atoms with E-state index in [1.165, 1.54) is 12.1 Å². The van der Waals surface area contributed by atoms with Gasteiger partial charge >= 0.3 is 6.01 Å². The van der Waals surface area contributed by atoms with Crippen molar-refractivity contribution in [1.82, 2.24) is 14.9 Å². The highest BCUT2D eigenvalue weighted by atomic mass is 35.5. The minimum absolute atomic E-state index is 0.00729. The highest BCUT2D eigenvalue weighted by Crippen LogP contribution is 2.51. The lowest BCUT2D eigenvalue weighted by atomic mass is 9.92. The number of thiophene rings is 1. The lowest BCUT2D eigenvalue weighted by Gasteiger charge is -2.36. The first-order valence-corrected chi connectivity index (χ1v) is 17.1. The predicted molar refractivity (Wildman–Crippen MR) is 175 cm³/mol. The lowest BCUT2D eigenvalue weighted by molar-refractivity contribution is 0.0402. The summed E-state index contributed by atoms with van der Waals surface area (Å²) in [5.74, 6) is -0.375. The van der Waals surface area contributed by atoms with Gasteiger partial charge in [0.1, 0.15) is 34.8 Å². The Kier molecular flexibility index (Phi) is 7.57. The van der Waals surface area contributed by atoms with Crippen molar-refractivity contribution >= 4 is 54.7 Å². The van der Waals surface area contributed by atoms with E-state index in [2.05, 4.69) is 16.8 Å². The highest BCUT2D eigenvalue weighted by molar-refractivity contribution is 7.23. The van der Waals surface area contributed by atoms with Gasteiger partial charge in [-0.15, -0.1) is 11.3 Å². The number of rotatable bonds is 4. The number of nitriles is 1. The molecule has 4 aromatic rings. The standard InChI is InChI=1S/C33H33ClF2N6O4S/c1-16-11-33(6-2-7-41(33)13-16)15-46-32-39-27-24-28(45-9-5-20-21(43)14-44-10-8-42(20)31(24)40-32)25(34)23(26(27)36)17-3-4-19(35)29-22(17)18(12-37)30(38)47-29/h3-4,16,20-21,43H,2,5-11,13-15,38H2,1H3/t16-,20?,21?,33+/m1/s1. The molecule has 3 saturated heterocycles. The van der Waals surface area contributed by atoms with Crippen molar-refractivity contribution in [2.75, 3.05) is 56.7 Å². The van der Waals surface area contributed by atoms with E-state index in [0.29, 0.717) is 37.9 Å².